The monoisotopic (exact) mass is 175 g/mol. The first-order valence-corrected chi connectivity index (χ1v) is 4.10. The van der Waals surface area contributed by atoms with Crippen LogP contribution in [0.4, 0.5) is 0 Å². The zero-order valence-electron chi connectivity index (χ0n) is 7.92. The molecular weight excluding hydrogens is 158 g/mol. The third kappa shape index (κ3) is 6.12. The summed E-state index contributed by atoms with van der Waals surface area (Å²) in [6.45, 7) is 4.96. The van der Waals surface area contributed by atoms with Crippen molar-refractivity contribution in [1.29, 1.82) is 0 Å². The predicted octanol–water partition coefficient (Wildman–Crippen LogP) is 0.174. The fourth-order valence-corrected chi connectivity index (χ4v) is 0.840. The first kappa shape index (κ1) is 11.4. The van der Waals surface area contributed by atoms with E-state index in [2.05, 4.69) is 5.32 Å². The van der Waals surface area contributed by atoms with Crippen LogP contribution in [0, 0.1) is 0 Å². The summed E-state index contributed by atoms with van der Waals surface area (Å²) < 4.78 is 10.1. The largest absolute Gasteiger partial charge is 0.463 e. The topological polar surface area (TPSA) is 47.6 Å². The minimum atomic E-state index is -0.268. The Labute approximate surface area is 73.2 Å². The maximum absolute atomic E-state index is 10.5. The highest BCUT2D eigenvalue weighted by molar-refractivity contribution is 5.65. The Morgan fingerprint density at radius 2 is 2.25 bits per heavy atom. The van der Waals surface area contributed by atoms with Gasteiger partial charge >= 0.3 is 5.97 Å². The van der Waals surface area contributed by atoms with Crippen molar-refractivity contribution in [1.82, 2.24) is 5.32 Å². The summed E-state index contributed by atoms with van der Waals surface area (Å²) in [6, 6.07) is 0. The van der Waals surface area contributed by atoms with E-state index in [4.69, 9.17) is 9.47 Å². The lowest BCUT2D eigenvalue weighted by Gasteiger charge is -2.15. The van der Waals surface area contributed by atoms with E-state index in [9.17, 15) is 4.79 Å². The summed E-state index contributed by atoms with van der Waals surface area (Å²) in [7, 11) is 1.83. The van der Waals surface area contributed by atoms with Crippen LogP contribution in [0.2, 0.25) is 0 Å². The third-order valence-electron chi connectivity index (χ3n) is 1.31. The molecular formula is C8H17NO3. The zero-order valence-corrected chi connectivity index (χ0v) is 7.92. The molecule has 0 saturated carbocycles. The van der Waals surface area contributed by atoms with Crippen molar-refractivity contribution in [2.45, 2.75) is 20.0 Å². The Balaban J connectivity index is 3.54. The number of ether oxygens (including phenoxy) is 2. The van der Waals surface area contributed by atoms with Gasteiger partial charge in [0, 0.05) is 20.1 Å². The van der Waals surface area contributed by atoms with Gasteiger partial charge < -0.3 is 14.8 Å². The highest BCUT2D eigenvalue weighted by Crippen LogP contribution is 1.92. The van der Waals surface area contributed by atoms with Crippen molar-refractivity contribution in [3.63, 3.8) is 0 Å². The summed E-state index contributed by atoms with van der Waals surface area (Å²) in [5, 5.41) is 2.96. The molecule has 4 nitrogen and oxygen atoms in total. The smallest absolute Gasteiger partial charge is 0.302 e. The second-order valence-corrected chi connectivity index (χ2v) is 2.44. The molecule has 0 aliphatic rings. The number of esters is 1. The Hall–Kier alpha value is -0.610. The van der Waals surface area contributed by atoms with E-state index in [-0.39, 0.29) is 12.1 Å². The second kappa shape index (κ2) is 7.06. The summed E-state index contributed by atoms with van der Waals surface area (Å²) in [5.74, 6) is -0.268. The van der Waals surface area contributed by atoms with Crippen LogP contribution in [0.15, 0.2) is 0 Å². The van der Waals surface area contributed by atoms with E-state index in [0.29, 0.717) is 19.8 Å². The number of hydrogen-bond donors (Lipinski definition) is 1. The molecule has 1 N–H and O–H groups in total. The van der Waals surface area contributed by atoms with E-state index in [1.807, 2.05) is 14.0 Å². The van der Waals surface area contributed by atoms with Crippen LogP contribution in [0.3, 0.4) is 0 Å². The van der Waals surface area contributed by atoms with Gasteiger partial charge in [0.15, 0.2) is 0 Å². The number of hydrogen-bond acceptors (Lipinski definition) is 4. The van der Waals surface area contributed by atoms with Gasteiger partial charge in [-0.15, -0.1) is 0 Å². The normalized spacial score (nSPS) is 12.6. The quantitative estimate of drug-likeness (QED) is 0.585. The van der Waals surface area contributed by atoms with Crippen LogP contribution >= 0.6 is 0 Å². The summed E-state index contributed by atoms with van der Waals surface area (Å²) in [4.78, 5) is 10.5. The van der Waals surface area contributed by atoms with Crippen molar-refractivity contribution in [2.75, 3.05) is 26.8 Å². The fourth-order valence-electron chi connectivity index (χ4n) is 0.840. The van der Waals surface area contributed by atoms with E-state index in [1.165, 1.54) is 6.92 Å². The lowest BCUT2D eigenvalue weighted by atomic mass is 10.4. The van der Waals surface area contributed by atoms with Crippen LogP contribution in [-0.2, 0) is 14.3 Å². The molecule has 0 radical (unpaired) electrons. The number of likely N-dealkylation sites (N-methyl/N-ethyl adjacent to an activating group) is 1. The van der Waals surface area contributed by atoms with E-state index in [1.54, 1.807) is 0 Å². The summed E-state index contributed by atoms with van der Waals surface area (Å²) >= 11 is 0. The van der Waals surface area contributed by atoms with E-state index < -0.39 is 0 Å². The van der Waals surface area contributed by atoms with Gasteiger partial charge in [-0.05, 0) is 14.0 Å². The Morgan fingerprint density at radius 3 is 2.67 bits per heavy atom. The molecule has 1 atom stereocenters. The maximum atomic E-state index is 10.5. The lowest BCUT2D eigenvalue weighted by molar-refractivity contribution is -0.145. The minimum absolute atomic E-state index is 0.0381. The standard InChI is InChI=1S/C8H17NO3/c1-4-11-8(5-9-3)6-12-7(2)10/h8-9H,4-6H2,1-3H3. The molecule has 0 rings (SSSR count). The first-order chi connectivity index (χ1) is 5.70. The van der Waals surface area contributed by atoms with Crippen LogP contribution < -0.4 is 5.32 Å². The second-order valence-electron chi connectivity index (χ2n) is 2.44. The van der Waals surface area contributed by atoms with Gasteiger partial charge in [0.1, 0.15) is 12.7 Å². The Kier molecular flexibility index (Phi) is 6.70. The Bertz CT molecular complexity index is 121. The van der Waals surface area contributed by atoms with E-state index >= 15 is 0 Å². The molecule has 4 heteroatoms. The zero-order chi connectivity index (χ0) is 9.40. The van der Waals surface area contributed by atoms with Crippen molar-refractivity contribution >= 4 is 5.97 Å². The first-order valence-electron chi connectivity index (χ1n) is 4.10. The van der Waals surface area contributed by atoms with Gasteiger partial charge in [-0.1, -0.05) is 0 Å². The molecule has 0 heterocycles. The lowest BCUT2D eigenvalue weighted by Crippen LogP contribution is -2.31. The van der Waals surface area contributed by atoms with Gasteiger partial charge in [-0.2, -0.15) is 0 Å². The van der Waals surface area contributed by atoms with E-state index in [0.717, 1.165) is 0 Å². The SMILES string of the molecule is CCOC(CNC)COC(C)=O. The van der Waals surface area contributed by atoms with Crippen molar-refractivity contribution in [3.05, 3.63) is 0 Å². The molecule has 0 aliphatic carbocycles. The molecule has 0 aromatic carbocycles. The van der Waals surface area contributed by atoms with Crippen molar-refractivity contribution < 1.29 is 14.3 Å². The molecule has 72 valence electrons. The van der Waals surface area contributed by atoms with Gasteiger partial charge in [0.25, 0.3) is 0 Å². The molecule has 0 bridgehead atoms. The van der Waals surface area contributed by atoms with Crippen LogP contribution in [0.5, 0.6) is 0 Å². The molecule has 0 aliphatic heterocycles. The number of carbonyl (C=O) groups is 1. The molecule has 0 fully saturated rings. The highest BCUT2D eigenvalue weighted by Gasteiger charge is 2.08. The minimum Gasteiger partial charge on any atom is -0.463 e. The fraction of sp³-hybridized carbons (Fsp3) is 0.875. The summed E-state index contributed by atoms with van der Waals surface area (Å²) in [5.41, 5.74) is 0. The summed E-state index contributed by atoms with van der Waals surface area (Å²) in [6.07, 6.45) is -0.0381. The predicted molar refractivity (Wildman–Crippen MR) is 46.0 cm³/mol. The molecule has 0 aromatic rings. The number of rotatable bonds is 6. The van der Waals surface area contributed by atoms with Crippen LogP contribution in [0.25, 0.3) is 0 Å². The average molecular weight is 175 g/mol. The molecule has 0 saturated heterocycles. The molecule has 0 spiro atoms. The van der Waals surface area contributed by atoms with Crippen molar-refractivity contribution in [3.8, 4) is 0 Å². The van der Waals surface area contributed by atoms with Gasteiger partial charge in [-0.3, -0.25) is 4.79 Å². The molecule has 1 unspecified atom stereocenters. The van der Waals surface area contributed by atoms with Gasteiger partial charge in [-0.25, -0.2) is 0 Å². The van der Waals surface area contributed by atoms with Gasteiger partial charge in [0.2, 0.25) is 0 Å². The average Bonchev–Trinajstić information content (AvgIpc) is 2.01. The molecule has 12 heavy (non-hydrogen) atoms. The molecule has 0 aromatic heterocycles. The maximum Gasteiger partial charge on any atom is 0.302 e. The van der Waals surface area contributed by atoms with Crippen LogP contribution in [0.1, 0.15) is 13.8 Å². The van der Waals surface area contributed by atoms with Crippen LogP contribution in [-0.4, -0.2) is 38.9 Å². The number of carbonyl (C=O) groups excluding carboxylic acids is 1. The highest BCUT2D eigenvalue weighted by atomic mass is 16.6. The third-order valence-corrected chi connectivity index (χ3v) is 1.31. The Morgan fingerprint density at radius 1 is 1.58 bits per heavy atom. The number of nitrogens with one attached hydrogen (secondary N) is 1. The molecule has 0 amide bonds. The van der Waals surface area contributed by atoms with Crippen molar-refractivity contribution in [2.24, 2.45) is 0 Å². The van der Waals surface area contributed by atoms with Gasteiger partial charge in [0.05, 0.1) is 0 Å².